The van der Waals surface area contributed by atoms with Gasteiger partial charge < -0.3 is 5.32 Å². The molecule has 0 aliphatic heterocycles. The monoisotopic (exact) mass is 299 g/mol. The van der Waals surface area contributed by atoms with E-state index in [-0.39, 0.29) is 21.9 Å². The lowest BCUT2D eigenvalue weighted by molar-refractivity contribution is -0.385. The van der Waals surface area contributed by atoms with Crippen molar-refractivity contribution in [3.63, 3.8) is 0 Å². The summed E-state index contributed by atoms with van der Waals surface area (Å²) < 4.78 is 0. The average Bonchev–Trinajstić information content (AvgIpc) is 2.45. The van der Waals surface area contributed by atoms with Gasteiger partial charge in [-0.1, -0.05) is 32.4 Å². The molecule has 7 heteroatoms. The first-order valence-corrected chi connectivity index (χ1v) is 6.89. The molecule has 1 aromatic rings. The summed E-state index contributed by atoms with van der Waals surface area (Å²) in [5.41, 5.74) is -0.555. The summed E-state index contributed by atoms with van der Waals surface area (Å²) in [4.78, 5) is 26.1. The number of nitrogens with one attached hydrogen (secondary N) is 1. The second kappa shape index (κ2) is 6.65. The van der Waals surface area contributed by atoms with Crippen LogP contribution in [0.25, 0.3) is 0 Å². The quantitative estimate of drug-likeness (QED) is 0.496. The molecule has 20 heavy (non-hydrogen) atoms. The molecule has 0 atom stereocenters. The molecule has 6 nitrogen and oxygen atoms in total. The van der Waals surface area contributed by atoms with Gasteiger partial charge in [-0.15, -0.1) is 0 Å². The Labute approximate surface area is 122 Å². The van der Waals surface area contributed by atoms with Crippen LogP contribution in [0, 0.1) is 10.1 Å². The highest BCUT2D eigenvalue weighted by molar-refractivity contribution is 6.32. The lowest BCUT2D eigenvalue weighted by Gasteiger charge is -2.31. The topological polar surface area (TPSA) is 85.1 Å². The molecule has 0 fully saturated rings. The first kappa shape index (κ1) is 16.4. The zero-order chi connectivity index (χ0) is 15.3. The van der Waals surface area contributed by atoms with Gasteiger partial charge in [-0.3, -0.25) is 14.9 Å². The van der Waals surface area contributed by atoms with Crippen molar-refractivity contribution in [2.45, 2.75) is 45.6 Å². The molecule has 0 saturated heterocycles. The fraction of sp³-hybridized carbons (Fsp3) is 0.538. The van der Waals surface area contributed by atoms with E-state index in [1.807, 2.05) is 20.8 Å². The minimum absolute atomic E-state index is 0.0283. The molecule has 1 amide bonds. The summed E-state index contributed by atoms with van der Waals surface area (Å²) in [7, 11) is 0. The first-order chi connectivity index (χ1) is 9.39. The van der Waals surface area contributed by atoms with Crippen LogP contribution in [-0.2, 0) is 0 Å². The molecule has 1 N–H and O–H groups in total. The van der Waals surface area contributed by atoms with E-state index >= 15 is 0 Å². The number of pyridine rings is 1. The van der Waals surface area contributed by atoms with E-state index < -0.39 is 10.8 Å². The Morgan fingerprint density at radius 2 is 1.95 bits per heavy atom. The van der Waals surface area contributed by atoms with Crippen molar-refractivity contribution >= 4 is 23.2 Å². The van der Waals surface area contributed by atoms with E-state index in [0.29, 0.717) is 0 Å². The molecule has 0 aliphatic rings. The summed E-state index contributed by atoms with van der Waals surface area (Å²) in [5.74, 6) is -0.434. The van der Waals surface area contributed by atoms with Gasteiger partial charge in [-0.25, -0.2) is 4.98 Å². The zero-order valence-electron chi connectivity index (χ0n) is 11.8. The third-order valence-corrected chi connectivity index (χ3v) is 3.99. The molecule has 1 aromatic heterocycles. The highest BCUT2D eigenvalue weighted by atomic mass is 35.5. The van der Waals surface area contributed by atoms with Crippen molar-refractivity contribution in [3.8, 4) is 0 Å². The van der Waals surface area contributed by atoms with Gasteiger partial charge in [-0.2, -0.15) is 0 Å². The van der Waals surface area contributed by atoms with Crippen molar-refractivity contribution in [2.75, 3.05) is 0 Å². The molecule has 110 valence electrons. The molecule has 0 bridgehead atoms. The summed E-state index contributed by atoms with van der Waals surface area (Å²) in [5, 5.41) is 13.6. The number of nitro groups is 1. The van der Waals surface area contributed by atoms with Crippen molar-refractivity contribution in [1.82, 2.24) is 10.3 Å². The number of hydrogen-bond acceptors (Lipinski definition) is 4. The normalized spacial score (nSPS) is 11.2. The van der Waals surface area contributed by atoms with Crippen LogP contribution in [0.15, 0.2) is 12.3 Å². The molecular formula is C13H18ClN3O3. The standard InChI is InChI=1S/C13H18ClN3O3/c1-4-13(5-2,6-3)16-12(18)10-7-9(17(19)20)8-15-11(10)14/h7-8H,4-6H2,1-3H3,(H,16,18). The summed E-state index contributed by atoms with van der Waals surface area (Å²) in [6, 6.07) is 1.15. The molecule has 0 saturated carbocycles. The second-order valence-corrected chi connectivity index (χ2v) is 4.94. The molecule has 0 unspecified atom stereocenters. The maximum Gasteiger partial charge on any atom is 0.288 e. The third kappa shape index (κ3) is 3.45. The first-order valence-electron chi connectivity index (χ1n) is 6.51. The Kier molecular flexibility index (Phi) is 5.44. The van der Waals surface area contributed by atoms with Gasteiger partial charge in [0, 0.05) is 11.6 Å². The van der Waals surface area contributed by atoms with E-state index in [9.17, 15) is 14.9 Å². The van der Waals surface area contributed by atoms with Crippen molar-refractivity contribution in [2.24, 2.45) is 0 Å². The molecule has 0 radical (unpaired) electrons. The Balaban J connectivity index is 3.08. The Morgan fingerprint density at radius 3 is 2.40 bits per heavy atom. The Bertz CT molecular complexity index is 507. The van der Waals surface area contributed by atoms with Crippen LogP contribution >= 0.6 is 11.6 Å². The number of carbonyl (C=O) groups is 1. The minimum atomic E-state index is -0.604. The summed E-state index contributed by atoms with van der Waals surface area (Å²) in [6.07, 6.45) is 3.34. The van der Waals surface area contributed by atoms with Crippen LogP contribution in [0.2, 0.25) is 5.15 Å². The van der Waals surface area contributed by atoms with E-state index in [4.69, 9.17) is 11.6 Å². The Morgan fingerprint density at radius 1 is 1.40 bits per heavy atom. The zero-order valence-corrected chi connectivity index (χ0v) is 12.5. The van der Waals surface area contributed by atoms with Crippen LogP contribution in [0.3, 0.4) is 0 Å². The predicted molar refractivity (Wildman–Crippen MR) is 77.0 cm³/mol. The van der Waals surface area contributed by atoms with Gasteiger partial charge in [0.2, 0.25) is 0 Å². The second-order valence-electron chi connectivity index (χ2n) is 4.58. The SMILES string of the molecule is CCC(CC)(CC)NC(=O)c1cc([N+](=O)[O-])cnc1Cl. The number of halogens is 1. The highest BCUT2D eigenvalue weighted by Crippen LogP contribution is 2.23. The van der Waals surface area contributed by atoms with Crippen LogP contribution in [0.5, 0.6) is 0 Å². The fourth-order valence-electron chi connectivity index (χ4n) is 2.02. The number of amides is 1. The molecule has 1 heterocycles. The minimum Gasteiger partial charge on any atom is -0.347 e. The summed E-state index contributed by atoms with van der Waals surface area (Å²) >= 11 is 5.86. The van der Waals surface area contributed by atoms with E-state index in [1.165, 1.54) is 0 Å². The van der Waals surface area contributed by atoms with Crippen LogP contribution in [0.4, 0.5) is 5.69 Å². The van der Waals surface area contributed by atoms with Crippen LogP contribution < -0.4 is 5.32 Å². The van der Waals surface area contributed by atoms with Gasteiger partial charge in [0.05, 0.1) is 10.5 Å². The maximum atomic E-state index is 12.3. The number of hydrogen-bond donors (Lipinski definition) is 1. The fourth-order valence-corrected chi connectivity index (χ4v) is 2.21. The molecular weight excluding hydrogens is 282 g/mol. The van der Waals surface area contributed by atoms with Crippen LogP contribution in [-0.4, -0.2) is 21.4 Å². The summed E-state index contributed by atoms with van der Waals surface area (Å²) in [6.45, 7) is 5.96. The highest BCUT2D eigenvalue weighted by Gasteiger charge is 2.28. The number of rotatable bonds is 6. The van der Waals surface area contributed by atoms with E-state index in [0.717, 1.165) is 31.5 Å². The van der Waals surface area contributed by atoms with Crippen molar-refractivity contribution < 1.29 is 9.72 Å². The van der Waals surface area contributed by atoms with E-state index in [1.54, 1.807) is 0 Å². The average molecular weight is 300 g/mol. The van der Waals surface area contributed by atoms with E-state index in [2.05, 4.69) is 10.3 Å². The smallest absolute Gasteiger partial charge is 0.288 e. The van der Waals surface area contributed by atoms with Crippen molar-refractivity contribution in [3.05, 3.63) is 33.1 Å². The number of carbonyl (C=O) groups excluding carboxylic acids is 1. The molecule has 0 aliphatic carbocycles. The maximum absolute atomic E-state index is 12.3. The number of aromatic nitrogens is 1. The largest absolute Gasteiger partial charge is 0.347 e. The Hall–Kier alpha value is -1.69. The predicted octanol–water partition coefficient (Wildman–Crippen LogP) is 3.34. The van der Waals surface area contributed by atoms with Crippen molar-refractivity contribution in [1.29, 1.82) is 0 Å². The van der Waals surface area contributed by atoms with Gasteiger partial charge in [-0.05, 0) is 19.3 Å². The molecule has 0 aromatic carbocycles. The van der Waals surface area contributed by atoms with Gasteiger partial charge in [0.1, 0.15) is 11.3 Å². The van der Waals surface area contributed by atoms with Gasteiger partial charge >= 0.3 is 0 Å². The lowest BCUT2D eigenvalue weighted by atomic mass is 9.89. The lowest BCUT2D eigenvalue weighted by Crippen LogP contribution is -2.47. The van der Waals surface area contributed by atoms with Gasteiger partial charge in [0.25, 0.3) is 11.6 Å². The van der Waals surface area contributed by atoms with Crippen LogP contribution in [0.1, 0.15) is 50.4 Å². The number of nitrogens with zero attached hydrogens (tertiary/aromatic N) is 2. The van der Waals surface area contributed by atoms with Gasteiger partial charge in [0.15, 0.2) is 0 Å². The third-order valence-electron chi connectivity index (χ3n) is 3.69. The molecule has 1 rings (SSSR count). The molecule has 0 spiro atoms.